The summed E-state index contributed by atoms with van der Waals surface area (Å²) in [5, 5.41) is 2.79. The fraction of sp³-hybridized carbons (Fsp3) is 0.800. The van der Waals surface area contributed by atoms with Crippen molar-refractivity contribution in [3.63, 3.8) is 0 Å². The Balaban J connectivity index is 3.53. The van der Waals surface area contributed by atoms with Crippen LogP contribution in [0.15, 0.2) is 0 Å². The Labute approximate surface area is 85.2 Å². The number of nitrogens with two attached hydrogens (primary N) is 1. The summed E-state index contributed by atoms with van der Waals surface area (Å²) in [6, 6.07) is 0.174. The van der Waals surface area contributed by atoms with E-state index >= 15 is 0 Å². The quantitative estimate of drug-likeness (QED) is 0.665. The summed E-state index contributed by atoms with van der Waals surface area (Å²) in [5.41, 5.74) is 5.12. The Hall–Kier alpha value is -1.06. The van der Waals surface area contributed by atoms with Gasteiger partial charge in [0, 0.05) is 18.9 Å². The number of primary amides is 1. The zero-order chi connectivity index (χ0) is 11.1. The summed E-state index contributed by atoms with van der Waals surface area (Å²) in [5.74, 6) is -0.336. The summed E-state index contributed by atoms with van der Waals surface area (Å²) < 4.78 is 0. The Morgan fingerprint density at radius 3 is 2.29 bits per heavy atom. The van der Waals surface area contributed by atoms with Crippen LogP contribution in [0.4, 0.5) is 0 Å². The average molecular weight is 200 g/mol. The van der Waals surface area contributed by atoms with Crippen molar-refractivity contribution >= 4 is 11.8 Å². The third-order valence-electron chi connectivity index (χ3n) is 2.21. The smallest absolute Gasteiger partial charge is 0.220 e. The fourth-order valence-corrected chi connectivity index (χ4v) is 1.29. The van der Waals surface area contributed by atoms with Crippen LogP contribution in [0.1, 0.15) is 40.0 Å². The van der Waals surface area contributed by atoms with Crippen LogP contribution in [0.2, 0.25) is 0 Å². The molecule has 0 aliphatic heterocycles. The van der Waals surface area contributed by atoms with E-state index in [2.05, 4.69) is 5.32 Å². The minimum atomic E-state index is -0.253. The second-order valence-corrected chi connectivity index (χ2v) is 3.84. The molecule has 0 radical (unpaired) electrons. The molecule has 0 spiro atoms. The van der Waals surface area contributed by atoms with E-state index in [0.717, 1.165) is 19.3 Å². The highest BCUT2D eigenvalue weighted by Gasteiger charge is 2.09. The summed E-state index contributed by atoms with van der Waals surface area (Å²) >= 11 is 0. The largest absolute Gasteiger partial charge is 0.369 e. The first kappa shape index (κ1) is 12.9. The molecule has 2 unspecified atom stereocenters. The molecular formula is C10H20N2O2. The monoisotopic (exact) mass is 200 g/mol. The fourth-order valence-electron chi connectivity index (χ4n) is 1.29. The van der Waals surface area contributed by atoms with Gasteiger partial charge in [0.25, 0.3) is 0 Å². The number of rotatable bonds is 6. The molecule has 0 saturated heterocycles. The number of amides is 2. The van der Waals surface area contributed by atoms with Gasteiger partial charge in [0.1, 0.15) is 0 Å². The Kier molecular flexibility index (Phi) is 5.92. The molecular weight excluding hydrogens is 180 g/mol. The first-order valence-electron chi connectivity index (χ1n) is 5.00. The lowest BCUT2D eigenvalue weighted by molar-refractivity contribution is -0.122. The maximum Gasteiger partial charge on any atom is 0.220 e. The second-order valence-electron chi connectivity index (χ2n) is 3.84. The molecule has 2 amide bonds. The number of carbonyl (C=O) groups is 2. The topological polar surface area (TPSA) is 72.2 Å². The zero-order valence-corrected chi connectivity index (χ0v) is 9.17. The van der Waals surface area contributed by atoms with Gasteiger partial charge in [-0.15, -0.1) is 0 Å². The van der Waals surface area contributed by atoms with E-state index in [1.54, 1.807) is 0 Å². The molecule has 0 aliphatic rings. The molecule has 0 heterocycles. The molecule has 0 aliphatic carbocycles. The maximum absolute atomic E-state index is 10.7. The van der Waals surface area contributed by atoms with E-state index in [9.17, 15) is 9.59 Å². The predicted octanol–water partition coefficient (Wildman–Crippen LogP) is 0.803. The Morgan fingerprint density at radius 2 is 1.86 bits per heavy atom. The van der Waals surface area contributed by atoms with Gasteiger partial charge in [0.15, 0.2) is 0 Å². The lowest BCUT2D eigenvalue weighted by Crippen LogP contribution is -2.30. The van der Waals surface area contributed by atoms with Crippen molar-refractivity contribution in [1.29, 1.82) is 0 Å². The van der Waals surface area contributed by atoms with E-state index in [1.165, 1.54) is 6.92 Å². The van der Waals surface area contributed by atoms with Gasteiger partial charge < -0.3 is 11.1 Å². The first-order chi connectivity index (χ1) is 6.43. The van der Waals surface area contributed by atoms with Crippen molar-refractivity contribution < 1.29 is 9.59 Å². The molecule has 2 atom stereocenters. The highest BCUT2D eigenvalue weighted by Crippen LogP contribution is 2.08. The predicted molar refractivity (Wildman–Crippen MR) is 55.5 cm³/mol. The van der Waals surface area contributed by atoms with Crippen LogP contribution in [-0.2, 0) is 9.59 Å². The number of nitrogens with one attached hydrogen (secondary N) is 1. The van der Waals surface area contributed by atoms with Crippen molar-refractivity contribution in [3.8, 4) is 0 Å². The molecule has 3 N–H and O–H groups in total. The van der Waals surface area contributed by atoms with Crippen LogP contribution in [0.3, 0.4) is 0 Å². The van der Waals surface area contributed by atoms with Gasteiger partial charge in [-0.2, -0.15) is 0 Å². The van der Waals surface area contributed by atoms with Crippen LogP contribution in [0.5, 0.6) is 0 Å². The van der Waals surface area contributed by atoms with Gasteiger partial charge in [-0.3, -0.25) is 9.59 Å². The van der Waals surface area contributed by atoms with Crippen LogP contribution in [0.25, 0.3) is 0 Å². The van der Waals surface area contributed by atoms with Crippen LogP contribution >= 0.6 is 0 Å². The van der Waals surface area contributed by atoms with E-state index in [4.69, 9.17) is 5.73 Å². The van der Waals surface area contributed by atoms with Gasteiger partial charge in [-0.25, -0.2) is 0 Å². The molecule has 14 heavy (non-hydrogen) atoms. The van der Waals surface area contributed by atoms with Crippen molar-refractivity contribution in [1.82, 2.24) is 5.32 Å². The molecule has 0 bridgehead atoms. The van der Waals surface area contributed by atoms with Gasteiger partial charge in [-0.05, 0) is 19.8 Å². The first-order valence-corrected chi connectivity index (χ1v) is 5.00. The maximum atomic E-state index is 10.7. The number of hydrogen-bond acceptors (Lipinski definition) is 2. The number of hydrogen-bond donors (Lipinski definition) is 2. The Morgan fingerprint density at radius 1 is 1.29 bits per heavy atom. The minimum absolute atomic E-state index is 0.0135. The molecule has 0 aromatic rings. The van der Waals surface area contributed by atoms with Crippen LogP contribution in [-0.4, -0.2) is 17.9 Å². The zero-order valence-electron chi connectivity index (χ0n) is 9.17. The summed E-state index contributed by atoms with van der Waals surface area (Å²) in [4.78, 5) is 21.4. The SMILES string of the molecule is CC(=O)NC(C)CCCC(C)C(N)=O. The van der Waals surface area contributed by atoms with Gasteiger partial charge in [-0.1, -0.05) is 13.3 Å². The molecule has 82 valence electrons. The summed E-state index contributed by atoms with van der Waals surface area (Å²) in [7, 11) is 0. The van der Waals surface area contributed by atoms with E-state index in [0.29, 0.717) is 0 Å². The standard InChI is InChI=1S/C10H20N2O2/c1-7(10(11)14)5-4-6-8(2)12-9(3)13/h7-8H,4-6H2,1-3H3,(H2,11,14)(H,12,13). The molecule has 0 rings (SSSR count). The third-order valence-corrected chi connectivity index (χ3v) is 2.21. The van der Waals surface area contributed by atoms with Gasteiger partial charge in [0.05, 0.1) is 0 Å². The van der Waals surface area contributed by atoms with Crippen LogP contribution < -0.4 is 11.1 Å². The molecule has 4 nitrogen and oxygen atoms in total. The lowest BCUT2D eigenvalue weighted by atomic mass is 10.0. The van der Waals surface area contributed by atoms with E-state index in [-0.39, 0.29) is 23.8 Å². The highest BCUT2D eigenvalue weighted by molar-refractivity contribution is 5.76. The average Bonchev–Trinajstić information content (AvgIpc) is 2.02. The van der Waals surface area contributed by atoms with E-state index < -0.39 is 0 Å². The van der Waals surface area contributed by atoms with Crippen molar-refractivity contribution in [2.45, 2.75) is 46.1 Å². The summed E-state index contributed by atoms with van der Waals surface area (Å²) in [6.45, 7) is 5.28. The van der Waals surface area contributed by atoms with Crippen molar-refractivity contribution in [2.24, 2.45) is 11.7 Å². The normalized spacial score (nSPS) is 14.5. The molecule has 0 aromatic carbocycles. The lowest BCUT2D eigenvalue weighted by Gasteiger charge is -2.13. The van der Waals surface area contributed by atoms with Crippen molar-refractivity contribution in [3.05, 3.63) is 0 Å². The highest BCUT2D eigenvalue weighted by atomic mass is 16.1. The molecule has 0 saturated carbocycles. The number of carbonyl (C=O) groups excluding carboxylic acids is 2. The Bertz CT molecular complexity index is 204. The molecule has 4 heteroatoms. The van der Waals surface area contributed by atoms with E-state index in [1.807, 2.05) is 13.8 Å². The second kappa shape index (κ2) is 6.40. The third kappa shape index (κ3) is 6.46. The van der Waals surface area contributed by atoms with Crippen molar-refractivity contribution in [2.75, 3.05) is 0 Å². The van der Waals surface area contributed by atoms with Crippen LogP contribution in [0, 0.1) is 5.92 Å². The van der Waals surface area contributed by atoms with Gasteiger partial charge >= 0.3 is 0 Å². The van der Waals surface area contributed by atoms with Gasteiger partial charge in [0.2, 0.25) is 11.8 Å². The molecule has 0 fully saturated rings. The summed E-state index contributed by atoms with van der Waals surface area (Å²) in [6.07, 6.45) is 2.59. The minimum Gasteiger partial charge on any atom is -0.369 e. The molecule has 0 aromatic heterocycles.